The molecule has 0 atom stereocenters. The Morgan fingerprint density at radius 3 is 2.67 bits per heavy atom. The monoisotopic (exact) mass is 240 g/mol. The molecule has 2 aromatic rings. The normalized spacial score (nSPS) is 16.9. The zero-order valence-electron chi connectivity index (χ0n) is 11.0. The van der Waals surface area contributed by atoms with Crippen LogP contribution < -0.4 is 0 Å². The molecule has 1 aliphatic carbocycles. The van der Waals surface area contributed by atoms with E-state index in [1.165, 1.54) is 48.8 Å². The van der Waals surface area contributed by atoms with Gasteiger partial charge in [0.2, 0.25) is 0 Å². The van der Waals surface area contributed by atoms with Crippen LogP contribution in [-0.2, 0) is 0 Å². The van der Waals surface area contributed by atoms with E-state index in [0.29, 0.717) is 6.04 Å². The minimum Gasteiger partial charge on any atom is -0.269 e. The lowest BCUT2D eigenvalue weighted by atomic mass is 9.96. The maximum absolute atomic E-state index is 4.57. The lowest BCUT2D eigenvalue weighted by Gasteiger charge is -2.21. The zero-order valence-corrected chi connectivity index (χ0v) is 11.0. The van der Waals surface area contributed by atoms with Crippen molar-refractivity contribution in [2.45, 2.75) is 45.1 Å². The molecule has 2 nitrogen and oxygen atoms in total. The van der Waals surface area contributed by atoms with E-state index in [0.717, 1.165) is 0 Å². The first-order valence-corrected chi connectivity index (χ1v) is 6.95. The molecule has 2 heteroatoms. The summed E-state index contributed by atoms with van der Waals surface area (Å²) in [6.45, 7) is 2.16. The molecule has 1 aromatic carbocycles. The van der Waals surface area contributed by atoms with Crippen molar-refractivity contribution >= 4 is 0 Å². The highest BCUT2D eigenvalue weighted by Gasteiger charge is 2.16. The Hall–Kier alpha value is -1.57. The Labute approximate surface area is 109 Å². The Bertz CT molecular complexity index is 521. The molecule has 0 spiro atoms. The molecule has 94 valence electrons. The van der Waals surface area contributed by atoms with E-state index in [2.05, 4.69) is 47.2 Å². The second-order valence-electron chi connectivity index (χ2n) is 5.32. The molecule has 1 heterocycles. The van der Waals surface area contributed by atoms with Crippen LogP contribution in [0.1, 0.15) is 43.7 Å². The van der Waals surface area contributed by atoms with Gasteiger partial charge >= 0.3 is 0 Å². The van der Waals surface area contributed by atoms with Crippen molar-refractivity contribution in [3.05, 3.63) is 42.2 Å². The average molecular weight is 240 g/mol. The van der Waals surface area contributed by atoms with Crippen LogP contribution in [0.3, 0.4) is 0 Å². The van der Waals surface area contributed by atoms with Crippen LogP contribution in [0.4, 0.5) is 0 Å². The minimum atomic E-state index is 0.622. The van der Waals surface area contributed by atoms with Crippen LogP contribution in [0, 0.1) is 6.92 Å². The molecule has 18 heavy (non-hydrogen) atoms. The zero-order chi connectivity index (χ0) is 12.4. The van der Waals surface area contributed by atoms with Crippen molar-refractivity contribution in [3.63, 3.8) is 0 Å². The molecule has 0 unspecified atom stereocenters. The summed E-state index contributed by atoms with van der Waals surface area (Å²) in [5.74, 6) is 0. The van der Waals surface area contributed by atoms with Crippen molar-refractivity contribution in [2.75, 3.05) is 0 Å². The van der Waals surface area contributed by atoms with Crippen LogP contribution in [0.25, 0.3) is 11.1 Å². The number of benzene rings is 1. The molecule has 0 amide bonds. The van der Waals surface area contributed by atoms with E-state index in [-0.39, 0.29) is 0 Å². The summed E-state index contributed by atoms with van der Waals surface area (Å²) in [4.78, 5) is 0. The highest BCUT2D eigenvalue weighted by atomic mass is 15.3. The quantitative estimate of drug-likeness (QED) is 0.762. The molecule has 0 saturated heterocycles. The van der Waals surface area contributed by atoms with Crippen LogP contribution >= 0.6 is 0 Å². The van der Waals surface area contributed by atoms with Gasteiger partial charge in [-0.3, -0.25) is 4.68 Å². The van der Waals surface area contributed by atoms with Gasteiger partial charge in [0.1, 0.15) is 0 Å². The summed E-state index contributed by atoms with van der Waals surface area (Å²) >= 11 is 0. The van der Waals surface area contributed by atoms with E-state index in [1.54, 1.807) is 0 Å². The molecule has 0 N–H and O–H groups in total. The van der Waals surface area contributed by atoms with Crippen molar-refractivity contribution in [1.29, 1.82) is 0 Å². The highest BCUT2D eigenvalue weighted by Crippen LogP contribution is 2.29. The van der Waals surface area contributed by atoms with Gasteiger partial charge in [-0.05, 0) is 30.9 Å². The second kappa shape index (κ2) is 4.97. The van der Waals surface area contributed by atoms with Gasteiger partial charge in [-0.1, -0.05) is 43.5 Å². The number of rotatable bonds is 2. The third-order valence-corrected chi connectivity index (χ3v) is 4.01. The summed E-state index contributed by atoms with van der Waals surface area (Å²) in [5, 5.41) is 4.57. The molecule has 1 aliphatic rings. The van der Waals surface area contributed by atoms with Crippen molar-refractivity contribution in [3.8, 4) is 11.1 Å². The largest absolute Gasteiger partial charge is 0.269 e. The third-order valence-electron chi connectivity index (χ3n) is 4.01. The fraction of sp³-hybridized carbons (Fsp3) is 0.438. The van der Waals surface area contributed by atoms with E-state index >= 15 is 0 Å². The lowest BCUT2D eigenvalue weighted by Crippen LogP contribution is -2.12. The maximum atomic E-state index is 4.57. The smallest absolute Gasteiger partial charge is 0.0568 e. The highest BCUT2D eigenvalue weighted by molar-refractivity contribution is 5.65. The van der Waals surface area contributed by atoms with Gasteiger partial charge in [-0.2, -0.15) is 5.10 Å². The molecule has 0 radical (unpaired) electrons. The molecular weight excluding hydrogens is 220 g/mol. The van der Waals surface area contributed by atoms with E-state index in [1.807, 2.05) is 6.20 Å². The van der Waals surface area contributed by atoms with E-state index in [4.69, 9.17) is 0 Å². The summed E-state index contributed by atoms with van der Waals surface area (Å²) in [6, 6.07) is 9.15. The summed E-state index contributed by atoms with van der Waals surface area (Å²) < 4.78 is 2.18. The number of aryl methyl sites for hydroxylation is 1. The van der Waals surface area contributed by atoms with Crippen molar-refractivity contribution < 1.29 is 0 Å². The number of hydrogen-bond acceptors (Lipinski definition) is 1. The van der Waals surface area contributed by atoms with Gasteiger partial charge < -0.3 is 0 Å². The predicted molar refractivity (Wildman–Crippen MR) is 74.5 cm³/mol. The van der Waals surface area contributed by atoms with Gasteiger partial charge in [0, 0.05) is 11.8 Å². The molecule has 0 aliphatic heterocycles. The lowest BCUT2D eigenvalue weighted by molar-refractivity contribution is 0.329. The molecule has 1 aromatic heterocycles. The van der Waals surface area contributed by atoms with Gasteiger partial charge in [-0.25, -0.2) is 0 Å². The number of aromatic nitrogens is 2. The van der Waals surface area contributed by atoms with Crippen LogP contribution in [0.5, 0.6) is 0 Å². The van der Waals surface area contributed by atoms with Crippen LogP contribution in [0.15, 0.2) is 36.7 Å². The Morgan fingerprint density at radius 1 is 1.11 bits per heavy atom. The molecule has 3 rings (SSSR count). The number of nitrogens with zero attached hydrogens (tertiary/aromatic N) is 2. The fourth-order valence-corrected chi connectivity index (χ4v) is 2.92. The van der Waals surface area contributed by atoms with Gasteiger partial charge in [0.05, 0.1) is 12.2 Å². The first kappa shape index (κ1) is 11.5. The topological polar surface area (TPSA) is 17.8 Å². The van der Waals surface area contributed by atoms with Gasteiger partial charge in [0.15, 0.2) is 0 Å². The van der Waals surface area contributed by atoms with Crippen LogP contribution in [0.2, 0.25) is 0 Å². The molecular formula is C16H20N2. The number of hydrogen-bond donors (Lipinski definition) is 0. The summed E-state index contributed by atoms with van der Waals surface area (Å²) in [6.07, 6.45) is 10.9. The SMILES string of the molecule is Cc1ccccc1-c1cnn(C2CCCCC2)c1. The Morgan fingerprint density at radius 2 is 1.89 bits per heavy atom. The van der Waals surface area contributed by atoms with E-state index < -0.39 is 0 Å². The standard InChI is InChI=1S/C16H20N2/c1-13-7-5-6-10-16(13)14-11-17-18(12-14)15-8-3-2-4-9-15/h5-7,10-12,15H,2-4,8-9H2,1H3. The Balaban J connectivity index is 1.87. The molecule has 1 saturated carbocycles. The third kappa shape index (κ3) is 2.20. The minimum absolute atomic E-state index is 0.622. The van der Waals surface area contributed by atoms with E-state index in [9.17, 15) is 0 Å². The van der Waals surface area contributed by atoms with Crippen LogP contribution in [-0.4, -0.2) is 9.78 Å². The van der Waals surface area contributed by atoms with Crippen molar-refractivity contribution in [2.24, 2.45) is 0 Å². The van der Waals surface area contributed by atoms with Gasteiger partial charge in [0.25, 0.3) is 0 Å². The fourth-order valence-electron chi connectivity index (χ4n) is 2.92. The second-order valence-corrected chi connectivity index (χ2v) is 5.32. The summed E-state index contributed by atoms with van der Waals surface area (Å²) in [5.41, 5.74) is 3.87. The van der Waals surface area contributed by atoms with Gasteiger partial charge in [-0.15, -0.1) is 0 Å². The Kier molecular flexibility index (Phi) is 3.18. The molecule has 1 fully saturated rings. The first-order valence-electron chi connectivity index (χ1n) is 6.95. The predicted octanol–water partition coefficient (Wildman–Crippen LogP) is 4.36. The average Bonchev–Trinajstić information content (AvgIpc) is 2.90. The van der Waals surface area contributed by atoms with Crippen molar-refractivity contribution in [1.82, 2.24) is 9.78 Å². The maximum Gasteiger partial charge on any atom is 0.0568 e. The summed E-state index contributed by atoms with van der Waals surface area (Å²) in [7, 11) is 0. The first-order chi connectivity index (χ1) is 8.84. The molecule has 0 bridgehead atoms.